The molecule has 194 valence electrons. The number of fused-ring (bicyclic) bond motifs is 3. The van der Waals surface area contributed by atoms with Gasteiger partial charge >= 0.3 is 0 Å². The van der Waals surface area contributed by atoms with Crippen LogP contribution in [0.25, 0.3) is 10.9 Å². The summed E-state index contributed by atoms with van der Waals surface area (Å²) < 4.78 is 6.06. The Labute approximate surface area is 224 Å². The molecule has 6 nitrogen and oxygen atoms in total. The molecular formula is C32H34N4O2. The van der Waals surface area contributed by atoms with Gasteiger partial charge in [0, 0.05) is 54.9 Å². The van der Waals surface area contributed by atoms with Gasteiger partial charge in [0.05, 0.1) is 11.4 Å². The van der Waals surface area contributed by atoms with Crippen LogP contribution in [0.15, 0.2) is 78.9 Å². The van der Waals surface area contributed by atoms with Crippen molar-refractivity contribution < 1.29 is 9.53 Å². The van der Waals surface area contributed by atoms with Crippen LogP contribution >= 0.6 is 0 Å². The van der Waals surface area contributed by atoms with E-state index in [0.717, 1.165) is 65.0 Å². The molecule has 38 heavy (non-hydrogen) atoms. The van der Waals surface area contributed by atoms with Gasteiger partial charge in [-0.15, -0.1) is 0 Å². The lowest BCUT2D eigenvalue weighted by Gasteiger charge is -2.31. The first-order chi connectivity index (χ1) is 18.6. The summed E-state index contributed by atoms with van der Waals surface area (Å²) in [4.78, 5) is 20.5. The van der Waals surface area contributed by atoms with Crippen LogP contribution in [0.1, 0.15) is 42.7 Å². The minimum atomic E-state index is -0.348. The molecule has 4 aromatic rings. The molecule has 1 fully saturated rings. The second kappa shape index (κ2) is 10.4. The second-order valence-corrected chi connectivity index (χ2v) is 10.7. The summed E-state index contributed by atoms with van der Waals surface area (Å²) in [7, 11) is 4.14. The van der Waals surface area contributed by atoms with Gasteiger partial charge in [-0.25, -0.2) is 4.98 Å². The van der Waals surface area contributed by atoms with Crippen LogP contribution in [0.2, 0.25) is 0 Å². The van der Waals surface area contributed by atoms with Crippen molar-refractivity contribution in [3.05, 3.63) is 90.0 Å². The van der Waals surface area contributed by atoms with Gasteiger partial charge in [-0.2, -0.15) is 0 Å². The highest BCUT2D eigenvalue weighted by molar-refractivity contribution is 5.93. The Morgan fingerprint density at radius 1 is 0.895 bits per heavy atom. The summed E-state index contributed by atoms with van der Waals surface area (Å²) in [6, 6.07) is 26.5. The zero-order valence-corrected chi connectivity index (χ0v) is 22.0. The fourth-order valence-corrected chi connectivity index (χ4v) is 5.86. The number of para-hydroxylation sites is 3. The summed E-state index contributed by atoms with van der Waals surface area (Å²) >= 11 is 0. The monoisotopic (exact) mass is 506 g/mol. The first kappa shape index (κ1) is 24.3. The van der Waals surface area contributed by atoms with Crippen LogP contribution in [0, 0.1) is 5.92 Å². The zero-order chi connectivity index (χ0) is 26.1. The van der Waals surface area contributed by atoms with E-state index in [0.29, 0.717) is 18.5 Å². The topological polar surface area (TPSA) is 66.5 Å². The summed E-state index contributed by atoms with van der Waals surface area (Å²) in [6.07, 6.45) is 4.28. The molecule has 0 unspecified atom stereocenters. The van der Waals surface area contributed by atoms with E-state index in [9.17, 15) is 4.79 Å². The maximum Gasteiger partial charge on any atom is 0.232 e. The average Bonchev–Trinajstić information content (AvgIpc) is 2.95. The van der Waals surface area contributed by atoms with Crippen LogP contribution in [0.4, 0.5) is 11.5 Å². The van der Waals surface area contributed by atoms with Crippen molar-refractivity contribution in [2.24, 2.45) is 5.92 Å². The van der Waals surface area contributed by atoms with E-state index in [1.165, 1.54) is 5.69 Å². The normalized spacial score (nSPS) is 18.7. The molecule has 2 N–H and O–H groups in total. The molecule has 2 aliphatic rings. The molecule has 1 aromatic heterocycles. The van der Waals surface area contributed by atoms with E-state index < -0.39 is 0 Å². The highest BCUT2D eigenvalue weighted by Gasteiger charge is 2.33. The Hall–Kier alpha value is -4.06. The van der Waals surface area contributed by atoms with Crippen LogP contribution in [0.5, 0.6) is 11.5 Å². The van der Waals surface area contributed by atoms with Gasteiger partial charge in [0.2, 0.25) is 5.91 Å². The van der Waals surface area contributed by atoms with Crippen molar-refractivity contribution in [1.29, 1.82) is 0 Å². The Bertz CT molecular complexity index is 1410. The highest BCUT2D eigenvalue weighted by Crippen LogP contribution is 2.44. The number of carbonyl (C=O) groups is 1. The third-order valence-electron chi connectivity index (χ3n) is 7.88. The number of anilines is 2. The molecule has 0 saturated heterocycles. The number of hydrogen-bond donors (Lipinski definition) is 2. The van der Waals surface area contributed by atoms with Gasteiger partial charge in [0.15, 0.2) is 0 Å². The van der Waals surface area contributed by atoms with E-state index >= 15 is 0 Å². The molecule has 2 heterocycles. The number of rotatable bonds is 6. The van der Waals surface area contributed by atoms with Crippen LogP contribution in [-0.4, -0.2) is 37.6 Å². The van der Waals surface area contributed by atoms with Gasteiger partial charge in [0.1, 0.15) is 17.3 Å². The van der Waals surface area contributed by atoms with E-state index in [1.807, 2.05) is 54.6 Å². The smallest absolute Gasteiger partial charge is 0.232 e. The molecule has 6 heteroatoms. The Balaban J connectivity index is 1.08. The third kappa shape index (κ3) is 4.78. The number of nitrogens with zero attached hydrogens (tertiary/aromatic N) is 2. The standard InChI is InChI=1S/C32H34N4O2/c1-36(2)27-19-30(35-26-12-6-3-9-23(26)27)34-22-17-15-21(16-18-22)20-33-32(37)31-24-10-4-7-13-28(24)38-29-14-8-5-11-25(29)31/h3-14,19,21-22,31H,15-18,20H2,1-2H3,(H,33,37)(H,34,35)/t21-,22+. The zero-order valence-electron chi connectivity index (χ0n) is 22.0. The number of benzene rings is 3. The number of ether oxygens (including phenoxy) is 1. The molecule has 6 rings (SSSR count). The maximum atomic E-state index is 13.5. The van der Waals surface area contributed by atoms with Crippen molar-refractivity contribution in [3.63, 3.8) is 0 Å². The molecule has 3 aromatic carbocycles. The summed E-state index contributed by atoms with van der Waals surface area (Å²) in [6.45, 7) is 0.701. The Kier molecular flexibility index (Phi) is 6.62. The lowest BCUT2D eigenvalue weighted by Crippen LogP contribution is -2.37. The van der Waals surface area contributed by atoms with Crippen LogP contribution in [-0.2, 0) is 4.79 Å². The number of pyridine rings is 1. The van der Waals surface area contributed by atoms with Gasteiger partial charge < -0.3 is 20.3 Å². The second-order valence-electron chi connectivity index (χ2n) is 10.7. The average molecular weight is 507 g/mol. The maximum absolute atomic E-state index is 13.5. The minimum Gasteiger partial charge on any atom is -0.457 e. The molecule has 0 spiro atoms. The summed E-state index contributed by atoms with van der Waals surface area (Å²) in [5.74, 6) is 2.63. The first-order valence-corrected chi connectivity index (χ1v) is 13.5. The quantitative estimate of drug-likeness (QED) is 0.320. The van der Waals surface area contributed by atoms with E-state index in [1.54, 1.807) is 0 Å². The third-order valence-corrected chi connectivity index (χ3v) is 7.88. The van der Waals surface area contributed by atoms with Crippen molar-refractivity contribution in [2.45, 2.75) is 37.6 Å². The van der Waals surface area contributed by atoms with Gasteiger partial charge in [-0.3, -0.25) is 4.79 Å². The van der Waals surface area contributed by atoms with Gasteiger partial charge in [-0.1, -0.05) is 54.6 Å². The molecule has 1 aliphatic carbocycles. The Morgan fingerprint density at radius 2 is 1.53 bits per heavy atom. The molecule has 1 aliphatic heterocycles. The molecule has 0 radical (unpaired) electrons. The van der Waals surface area contributed by atoms with Crippen molar-refractivity contribution >= 4 is 28.3 Å². The lowest BCUT2D eigenvalue weighted by atomic mass is 9.85. The van der Waals surface area contributed by atoms with Crippen molar-refractivity contribution in [1.82, 2.24) is 10.3 Å². The Morgan fingerprint density at radius 3 is 2.21 bits per heavy atom. The molecule has 0 atom stereocenters. The van der Waals surface area contributed by atoms with E-state index in [-0.39, 0.29) is 11.8 Å². The summed E-state index contributed by atoms with van der Waals surface area (Å²) in [5, 5.41) is 8.13. The van der Waals surface area contributed by atoms with E-state index in [2.05, 4.69) is 53.9 Å². The van der Waals surface area contributed by atoms with Gasteiger partial charge in [-0.05, 0) is 49.8 Å². The molecule has 1 amide bonds. The van der Waals surface area contributed by atoms with E-state index in [4.69, 9.17) is 9.72 Å². The van der Waals surface area contributed by atoms with Crippen LogP contribution in [0.3, 0.4) is 0 Å². The number of nitrogens with one attached hydrogen (secondary N) is 2. The lowest BCUT2D eigenvalue weighted by molar-refractivity contribution is -0.122. The van der Waals surface area contributed by atoms with Crippen molar-refractivity contribution in [3.8, 4) is 11.5 Å². The fraction of sp³-hybridized carbons (Fsp3) is 0.312. The minimum absolute atomic E-state index is 0.0463. The number of carbonyl (C=O) groups excluding carboxylic acids is 1. The SMILES string of the molecule is CN(C)c1cc(N[C@H]2CC[C@@H](CNC(=O)C3c4ccccc4Oc4ccccc43)CC2)nc2ccccc12. The predicted octanol–water partition coefficient (Wildman–Crippen LogP) is 6.33. The predicted molar refractivity (Wildman–Crippen MR) is 153 cm³/mol. The van der Waals surface area contributed by atoms with Crippen LogP contribution < -0.4 is 20.3 Å². The summed E-state index contributed by atoms with van der Waals surface area (Å²) in [5.41, 5.74) is 4.03. The first-order valence-electron chi connectivity index (χ1n) is 13.5. The van der Waals surface area contributed by atoms with Crippen molar-refractivity contribution in [2.75, 3.05) is 30.9 Å². The largest absolute Gasteiger partial charge is 0.457 e. The molecule has 0 bridgehead atoms. The highest BCUT2D eigenvalue weighted by atomic mass is 16.5. The number of hydrogen-bond acceptors (Lipinski definition) is 5. The number of aromatic nitrogens is 1. The van der Waals surface area contributed by atoms with Gasteiger partial charge in [0.25, 0.3) is 0 Å². The fourth-order valence-electron chi connectivity index (χ4n) is 5.86. The number of amides is 1. The molecule has 1 saturated carbocycles. The molecular weight excluding hydrogens is 472 g/mol.